The van der Waals surface area contributed by atoms with Gasteiger partial charge in [0.25, 0.3) is 5.69 Å². The summed E-state index contributed by atoms with van der Waals surface area (Å²) >= 11 is 0. The SMILES string of the molecule is CCC1(CC)CN(c2ccc([N+](=O)[O-])cc2C#N)CCS1(=O)=O. The highest BCUT2D eigenvalue weighted by Crippen LogP contribution is 2.35. The van der Waals surface area contributed by atoms with Crippen molar-refractivity contribution in [3.63, 3.8) is 0 Å². The molecule has 0 atom stereocenters. The maximum Gasteiger partial charge on any atom is 0.270 e. The zero-order valence-corrected chi connectivity index (χ0v) is 14.0. The van der Waals surface area contributed by atoms with Gasteiger partial charge in [-0.25, -0.2) is 8.42 Å². The van der Waals surface area contributed by atoms with Crippen molar-refractivity contribution in [1.29, 1.82) is 5.26 Å². The summed E-state index contributed by atoms with van der Waals surface area (Å²) in [5.74, 6) is 0.0243. The zero-order chi connectivity index (χ0) is 17.3. The monoisotopic (exact) mass is 337 g/mol. The molecule has 1 fully saturated rings. The van der Waals surface area contributed by atoms with Crippen molar-refractivity contribution in [1.82, 2.24) is 0 Å². The van der Waals surface area contributed by atoms with Crippen LogP contribution in [-0.4, -0.2) is 36.9 Å². The van der Waals surface area contributed by atoms with E-state index in [2.05, 4.69) is 0 Å². The van der Waals surface area contributed by atoms with Crippen molar-refractivity contribution in [3.05, 3.63) is 33.9 Å². The molecule has 1 aromatic carbocycles. The third-order valence-corrected chi connectivity index (χ3v) is 7.46. The molecule has 0 radical (unpaired) electrons. The highest BCUT2D eigenvalue weighted by atomic mass is 32.2. The van der Waals surface area contributed by atoms with Gasteiger partial charge in [-0.15, -0.1) is 0 Å². The summed E-state index contributed by atoms with van der Waals surface area (Å²) in [5.41, 5.74) is 0.603. The first kappa shape index (κ1) is 17.2. The Labute approximate surface area is 135 Å². The van der Waals surface area contributed by atoms with Crippen LogP contribution in [-0.2, 0) is 9.84 Å². The molecule has 1 heterocycles. The smallest absolute Gasteiger partial charge is 0.270 e. The minimum atomic E-state index is -3.20. The van der Waals surface area contributed by atoms with Gasteiger partial charge in [-0.3, -0.25) is 10.1 Å². The van der Waals surface area contributed by atoms with Crippen LogP contribution in [0.25, 0.3) is 0 Å². The molecule has 23 heavy (non-hydrogen) atoms. The predicted molar refractivity (Wildman–Crippen MR) is 87.1 cm³/mol. The average molecular weight is 337 g/mol. The third-order valence-electron chi connectivity index (χ3n) is 4.71. The Kier molecular flexibility index (Phi) is 4.61. The minimum absolute atomic E-state index is 0.0243. The number of rotatable bonds is 4. The molecular formula is C15H19N3O4S. The van der Waals surface area contributed by atoms with Crippen LogP contribution in [0.5, 0.6) is 0 Å². The van der Waals surface area contributed by atoms with Gasteiger partial charge < -0.3 is 4.90 Å². The standard InChI is InChI=1S/C15H19N3O4S/c1-3-15(4-2)11-17(7-8-23(15,21)22)14-6-5-13(18(19)20)9-12(14)10-16/h5-6,9H,3-4,7-8,11H2,1-2H3. The molecule has 0 N–H and O–H groups in total. The molecule has 0 spiro atoms. The van der Waals surface area contributed by atoms with E-state index < -0.39 is 19.5 Å². The molecule has 2 rings (SSSR count). The van der Waals surface area contributed by atoms with Gasteiger partial charge in [0.1, 0.15) is 6.07 Å². The fourth-order valence-electron chi connectivity index (χ4n) is 3.09. The molecule has 0 saturated carbocycles. The lowest BCUT2D eigenvalue weighted by Crippen LogP contribution is -2.56. The number of nitro groups is 1. The lowest BCUT2D eigenvalue weighted by Gasteiger charge is -2.42. The van der Waals surface area contributed by atoms with E-state index in [1.165, 1.54) is 18.2 Å². The fraction of sp³-hybridized carbons (Fsp3) is 0.533. The molecular weight excluding hydrogens is 318 g/mol. The lowest BCUT2D eigenvalue weighted by atomic mass is 10.00. The largest absolute Gasteiger partial charge is 0.368 e. The van der Waals surface area contributed by atoms with E-state index in [-0.39, 0.29) is 23.5 Å². The molecule has 0 amide bonds. The topological polar surface area (TPSA) is 104 Å². The second-order valence-electron chi connectivity index (χ2n) is 5.70. The molecule has 1 aliphatic heterocycles. The number of nitro benzene ring substituents is 1. The molecule has 1 aromatic rings. The summed E-state index contributed by atoms with van der Waals surface area (Å²) in [6.07, 6.45) is 0.994. The van der Waals surface area contributed by atoms with E-state index >= 15 is 0 Å². The van der Waals surface area contributed by atoms with E-state index in [0.29, 0.717) is 25.1 Å². The highest BCUT2D eigenvalue weighted by molar-refractivity contribution is 7.92. The normalized spacial score (nSPS) is 19.1. The second kappa shape index (κ2) is 6.16. The number of hydrogen-bond donors (Lipinski definition) is 0. The molecule has 7 nitrogen and oxygen atoms in total. The van der Waals surface area contributed by atoms with Crippen molar-refractivity contribution in [2.75, 3.05) is 23.7 Å². The van der Waals surface area contributed by atoms with Crippen LogP contribution in [0.15, 0.2) is 18.2 Å². The number of anilines is 1. The summed E-state index contributed by atoms with van der Waals surface area (Å²) in [5, 5.41) is 20.1. The van der Waals surface area contributed by atoms with Crippen molar-refractivity contribution < 1.29 is 13.3 Å². The molecule has 124 valence electrons. The predicted octanol–water partition coefficient (Wildman–Crippen LogP) is 2.26. The van der Waals surface area contributed by atoms with E-state index in [0.717, 1.165) is 0 Å². The maximum atomic E-state index is 12.5. The number of non-ortho nitro benzene ring substituents is 1. The molecule has 0 aliphatic carbocycles. The van der Waals surface area contributed by atoms with E-state index in [1.54, 1.807) is 0 Å². The summed E-state index contributed by atoms with van der Waals surface area (Å²) in [6, 6.07) is 6.09. The van der Waals surface area contributed by atoms with Crippen LogP contribution in [0.1, 0.15) is 32.3 Å². The van der Waals surface area contributed by atoms with E-state index in [4.69, 9.17) is 0 Å². The van der Waals surface area contributed by atoms with Gasteiger partial charge in [0, 0.05) is 25.2 Å². The lowest BCUT2D eigenvalue weighted by molar-refractivity contribution is -0.384. The summed E-state index contributed by atoms with van der Waals surface area (Å²) in [7, 11) is -3.20. The minimum Gasteiger partial charge on any atom is -0.368 e. The van der Waals surface area contributed by atoms with Crippen molar-refractivity contribution in [3.8, 4) is 6.07 Å². The van der Waals surface area contributed by atoms with Gasteiger partial charge in [-0.1, -0.05) is 13.8 Å². The summed E-state index contributed by atoms with van der Waals surface area (Å²) in [6.45, 7) is 4.29. The summed E-state index contributed by atoms with van der Waals surface area (Å²) < 4.78 is 24.1. The van der Waals surface area contributed by atoms with Gasteiger partial charge >= 0.3 is 0 Å². The molecule has 0 unspecified atom stereocenters. The highest BCUT2D eigenvalue weighted by Gasteiger charge is 2.45. The Hall–Kier alpha value is -2.14. The Balaban J connectivity index is 2.44. The van der Waals surface area contributed by atoms with Gasteiger partial charge in [0.15, 0.2) is 9.84 Å². The van der Waals surface area contributed by atoms with Gasteiger partial charge in [-0.2, -0.15) is 5.26 Å². The first-order valence-electron chi connectivity index (χ1n) is 7.46. The average Bonchev–Trinajstić information content (AvgIpc) is 2.54. The zero-order valence-electron chi connectivity index (χ0n) is 13.2. The Morgan fingerprint density at radius 3 is 2.57 bits per heavy atom. The molecule has 8 heteroatoms. The first-order chi connectivity index (χ1) is 10.8. The second-order valence-corrected chi connectivity index (χ2v) is 8.20. The number of benzene rings is 1. The third kappa shape index (κ3) is 2.88. The van der Waals surface area contributed by atoms with Crippen LogP contribution in [0.2, 0.25) is 0 Å². The first-order valence-corrected chi connectivity index (χ1v) is 9.11. The van der Waals surface area contributed by atoms with Crippen molar-refractivity contribution in [2.45, 2.75) is 31.4 Å². The molecule has 0 bridgehead atoms. The van der Waals surface area contributed by atoms with Gasteiger partial charge in [0.05, 0.1) is 26.7 Å². The van der Waals surface area contributed by atoms with Gasteiger partial charge in [0.2, 0.25) is 0 Å². The van der Waals surface area contributed by atoms with Crippen LogP contribution in [0, 0.1) is 21.4 Å². The van der Waals surface area contributed by atoms with E-state index in [1.807, 2.05) is 24.8 Å². The van der Waals surface area contributed by atoms with Crippen LogP contribution in [0.4, 0.5) is 11.4 Å². The summed E-state index contributed by atoms with van der Waals surface area (Å²) in [4.78, 5) is 12.2. The van der Waals surface area contributed by atoms with Crippen LogP contribution >= 0.6 is 0 Å². The maximum absolute atomic E-state index is 12.5. The molecule has 1 aliphatic rings. The number of hydrogen-bond acceptors (Lipinski definition) is 6. The van der Waals surface area contributed by atoms with Crippen LogP contribution < -0.4 is 4.90 Å². The van der Waals surface area contributed by atoms with E-state index in [9.17, 15) is 23.8 Å². The number of sulfone groups is 1. The fourth-order valence-corrected chi connectivity index (χ4v) is 5.22. The Morgan fingerprint density at radius 1 is 1.39 bits per heavy atom. The van der Waals surface area contributed by atoms with Crippen molar-refractivity contribution >= 4 is 21.2 Å². The Morgan fingerprint density at radius 2 is 2.04 bits per heavy atom. The van der Waals surface area contributed by atoms with Crippen molar-refractivity contribution in [2.24, 2.45) is 0 Å². The molecule has 1 saturated heterocycles. The van der Waals surface area contributed by atoms with Crippen LogP contribution in [0.3, 0.4) is 0 Å². The number of nitrogens with zero attached hydrogens (tertiary/aromatic N) is 3. The Bertz CT molecular complexity index is 763. The quantitative estimate of drug-likeness (QED) is 0.616. The molecule has 0 aromatic heterocycles. The van der Waals surface area contributed by atoms with Gasteiger partial charge in [-0.05, 0) is 18.9 Å². The number of nitriles is 1.